The van der Waals surface area contributed by atoms with E-state index in [1.165, 1.54) is 37.4 Å². The second-order valence-electron chi connectivity index (χ2n) is 6.70. The highest BCUT2D eigenvalue weighted by atomic mass is 19.4. The lowest BCUT2D eigenvalue weighted by Gasteiger charge is -2.36. The number of aliphatic hydroxyl groups excluding tert-OH is 1. The summed E-state index contributed by atoms with van der Waals surface area (Å²) >= 11 is 0. The van der Waals surface area contributed by atoms with E-state index >= 15 is 0 Å². The Bertz CT molecular complexity index is 812. The molecule has 1 aliphatic rings. The third kappa shape index (κ3) is 4.74. The molecule has 0 unspecified atom stereocenters. The predicted octanol–water partition coefficient (Wildman–Crippen LogP) is 3.87. The van der Waals surface area contributed by atoms with Gasteiger partial charge in [0.1, 0.15) is 18.0 Å². The maximum Gasteiger partial charge on any atom is 0.416 e. The number of rotatable bonds is 5. The van der Waals surface area contributed by atoms with Crippen molar-refractivity contribution in [2.45, 2.75) is 31.3 Å². The molecule has 152 valence electrons. The third-order valence-corrected chi connectivity index (χ3v) is 4.72. The van der Waals surface area contributed by atoms with E-state index in [0.29, 0.717) is 18.7 Å². The molecule has 28 heavy (non-hydrogen) atoms. The molecule has 8 heteroatoms. The Kier molecular flexibility index (Phi) is 6.10. The van der Waals surface area contributed by atoms with E-state index in [0.717, 1.165) is 6.07 Å². The highest BCUT2D eigenvalue weighted by Crippen LogP contribution is 2.33. The average molecular weight is 399 g/mol. The number of ether oxygens (including phenoxy) is 2. The summed E-state index contributed by atoms with van der Waals surface area (Å²) < 4.78 is 63.6. The SMILES string of the molecule is COc1cc(F)ccc1O[C@@H]1CCN(Cc2ccccc2C(F)(F)F)C[C@H]1O. The minimum atomic E-state index is -4.42. The summed E-state index contributed by atoms with van der Waals surface area (Å²) in [6, 6.07) is 9.27. The van der Waals surface area contributed by atoms with Gasteiger partial charge in [-0.3, -0.25) is 4.90 Å². The fraction of sp³-hybridized carbons (Fsp3) is 0.400. The van der Waals surface area contributed by atoms with Crippen LogP contribution in [0.1, 0.15) is 17.5 Å². The van der Waals surface area contributed by atoms with Crippen LogP contribution in [0.4, 0.5) is 17.6 Å². The lowest BCUT2D eigenvalue weighted by Crippen LogP contribution is -2.48. The highest BCUT2D eigenvalue weighted by molar-refractivity contribution is 5.40. The van der Waals surface area contributed by atoms with Gasteiger partial charge in [-0.05, 0) is 30.2 Å². The summed E-state index contributed by atoms with van der Waals surface area (Å²) in [5, 5.41) is 10.4. The number of piperidine rings is 1. The van der Waals surface area contributed by atoms with E-state index in [2.05, 4.69) is 0 Å². The van der Waals surface area contributed by atoms with Crippen molar-refractivity contribution >= 4 is 0 Å². The van der Waals surface area contributed by atoms with E-state index in [1.807, 2.05) is 0 Å². The summed E-state index contributed by atoms with van der Waals surface area (Å²) in [5.41, 5.74) is -0.499. The molecule has 1 saturated heterocycles. The molecule has 4 nitrogen and oxygen atoms in total. The Labute approximate surface area is 160 Å². The molecular formula is C20H21F4NO3. The molecule has 2 aromatic carbocycles. The van der Waals surface area contributed by atoms with Gasteiger partial charge in [0.15, 0.2) is 11.5 Å². The molecule has 0 radical (unpaired) electrons. The minimum Gasteiger partial charge on any atom is -0.493 e. The van der Waals surface area contributed by atoms with Crippen molar-refractivity contribution in [1.82, 2.24) is 4.90 Å². The van der Waals surface area contributed by atoms with Crippen LogP contribution in [-0.4, -0.2) is 42.4 Å². The molecule has 1 N–H and O–H groups in total. The molecule has 3 rings (SSSR count). The first-order valence-corrected chi connectivity index (χ1v) is 8.83. The number of likely N-dealkylation sites (tertiary alicyclic amines) is 1. The number of alkyl halides is 3. The van der Waals surface area contributed by atoms with Crippen molar-refractivity contribution in [2.24, 2.45) is 0 Å². The van der Waals surface area contributed by atoms with Gasteiger partial charge in [0.2, 0.25) is 0 Å². The molecule has 1 heterocycles. The zero-order valence-corrected chi connectivity index (χ0v) is 15.2. The van der Waals surface area contributed by atoms with Gasteiger partial charge in [-0.1, -0.05) is 18.2 Å². The van der Waals surface area contributed by atoms with Crippen LogP contribution in [0.25, 0.3) is 0 Å². The van der Waals surface area contributed by atoms with E-state index in [-0.39, 0.29) is 24.4 Å². The van der Waals surface area contributed by atoms with Gasteiger partial charge >= 0.3 is 6.18 Å². The van der Waals surface area contributed by atoms with Gasteiger partial charge in [-0.25, -0.2) is 4.39 Å². The molecule has 0 bridgehead atoms. The molecule has 0 aliphatic carbocycles. The Balaban J connectivity index is 1.65. The Morgan fingerprint density at radius 3 is 2.57 bits per heavy atom. The lowest BCUT2D eigenvalue weighted by atomic mass is 10.0. The molecule has 1 aliphatic heterocycles. The second-order valence-corrected chi connectivity index (χ2v) is 6.70. The van der Waals surface area contributed by atoms with Gasteiger partial charge in [-0.15, -0.1) is 0 Å². The second kappa shape index (κ2) is 8.36. The van der Waals surface area contributed by atoms with Crippen LogP contribution in [0.2, 0.25) is 0 Å². The summed E-state index contributed by atoms with van der Waals surface area (Å²) in [6.07, 6.45) is -5.47. The molecule has 2 atom stereocenters. The first-order chi connectivity index (χ1) is 13.3. The van der Waals surface area contributed by atoms with Crippen LogP contribution in [-0.2, 0) is 12.7 Å². The highest BCUT2D eigenvalue weighted by Gasteiger charge is 2.35. The Hall–Kier alpha value is -2.32. The first kappa shape index (κ1) is 20.4. The minimum absolute atomic E-state index is 0.0827. The molecule has 0 aromatic heterocycles. The van der Waals surface area contributed by atoms with Crippen molar-refractivity contribution in [3.8, 4) is 11.5 Å². The van der Waals surface area contributed by atoms with Crippen LogP contribution in [0.15, 0.2) is 42.5 Å². The average Bonchev–Trinajstić information content (AvgIpc) is 2.64. The number of methoxy groups -OCH3 is 1. The number of benzene rings is 2. The number of hydrogen-bond acceptors (Lipinski definition) is 4. The normalized spacial score (nSPS) is 20.8. The van der Waals surface area contributed by atoms with Gasteiger partial charge < -0.3 is 14.6 Å². The van der Waals surface area contributed by atoms with Gasteiger partial charge in [0.05, 0.1) is 12.7 Å². The quantitative estimate of drug-likeness (QED) is 0.776. The Morgan fingerprint density at radius 2 is 1.89 bits per heavy atom. The summed E-state index contributed by atoms with van der Waals surface area (Å²) in [4.78, 5) is 1.76. The van der Waals surface area contributed by atoms with Crippen molar-refractivity contribution in [2.75, 3.05) is 20.2 Å². The number of nitrogens with zero attached hydrogens (tertiary/aromatic N) is 1. The van der Waals surface area contributed by atoms with Crippen LogP contribution in [0.5, 0.6) is 11.5 Å². The molecule has 2 aromatic rings. The maximum absolute atomic E-state index is 13.3. The fourth-order valence-electron chi connectivity index (χ4n) is 3.33. The fourth-order valence-corrected chi connectivity index (χ4v) is 3.33. The maximum atomic E-state index is 13.3. The van der Waals surface area contributed by atoms with Crippen molar-refractivity contribution in [3.63, 3.8) is 0 Å². The van der Waals surface area contributed by atoms with Crippen LogP contribution < -0.4 is 9.47 Å². The van der Waals surface area contributed by atoms with Crippen LogP contribution in [0.3, 0.4) is 0 Å². The van der Waals surface area contributed by atoms with Gasteiger partial charge in [0, 0.05) is 25.7 Å². The van der Waals surface area contributed by atoms with Crippen LogP contribution in [0, 0.1) is 5.82 Å². The zero-order valence-electron chi connectivity index (χ0n) is 15.2. The Morgan fingerprint density at radius 1 is 1.14 bits per heavy atom. The van der Waals surface area contributed by atoms with Gasteiger partial charge in [0.25, 0.3) is 0 Å². The predicted molar refractivity (Wildman–Crippen MR) is 94.7 cm³/mol. The number of halogens is 4. The van der Waals surface area contributed by atoms with Crippen molar-refractivity contribution in [3.05, 3.63) is 59.4 Å². The lowest BCUT2D eigenvalue weighted by molar-refractivity contribution is -0.138. The molecular weight excluding hydrogens is 378 g/mol. The smallest absolute Gasteiger partial charge is 0.416 e. The van der Waals surface area contributed by atoms with Gasteiger partial charge in [-0.2, -0.15) is 13.2 Å². The van der Waals surface area contributed by atoms with Crippen molar-refractivity contribution < 1.29 is 32.1 Å². The number of β-amino-alcohol motifs (C(OH)–C–C–N with tert-alkyl or cyclic N) is 1. The van der Waals surface area contributed by atoms with E-state index in [1.54, 1.807) is 11.0 Å². The monoisotopic (exact) mass is 399 g/mol. The van der Waals surface area contributed by atoms with E-state index < -0.39 is 29.8 Å². The topological polar surface area (TPSA) is 41.9 Å². The largest absolute Gasteiger partial charge is 0.493 e. The molecule has 0 amide bonds. The first-order valence-electron chi connectivity index (χ1n) is 8.83. The zero-order chi connectivity index (χ0) is 20.3. The van der Waals surface area contributed by atoms with Crippen molar-refractivity contribution in [1.29, 1.82) is 0 Å². The summed E-state index contributed by atoms with van der Waals surface area (Å²) in [6.45, 7) is 0.705. The van der Waals surface area contributed by atoms with E-state index in [9.17, 15) is 22.7 Å². The molecule has 0 spiro atoms. The third-order valence-electron chi connectivity index (χ3n) is 4.72. The van der Waals surface area contributed by atoms with Crippen LogP contribution >= 0.6 is 0 Å². The number of hydrogen-bond donors (Lipinski definition) is 1. The summed E-state index contributed by atoms with van der Waals surface area (Å²) in [7, 11) is 1.39. The molecule has 1 fully saturated rings. The number of aliphatic hydroxyl groups is 1. The summed E-state index contributed by atoms with van der Waals surface area (Å²) in [5.74, 6) is 0.0560. The standard InChI is InChI=1S/C20H21F4NO3/c1-27-19-10-14(21)6-7-18(19)28-17-8-9-25(12-16(17)26)11-13-4-2-3-5-15(13)20(22,23)24/h2-7,10,16-17,26H,8-9,11-12H2,1H3/t16-,17-/m1/s1. The van der Waals surface area contributed by atoms with E-state index in [4.69, 9.17) is 9.47 Å². The molecule has 0 saturated carbocycles.